The van der Waals surface area contributed by atoms with E-state index in [1.54, 1.807) is 6.07 Å². The van der Waals surface area contributed by atoms with Crippen LogP contribution in [0.4, 0.5) is 0 Å². The van der Waals surface area contributed by atoms with Crippen molar-refractivity contribution in [1.29, 1.82) is 0 Å². The topological polar surface area (TPSA) is 124 Å². The van der Waals surface area contributed by atoms with Crippen LogP contribution in [0.1, 0.15) is 63.4 Å². The number of benzene rings is 2. The van der Waals surface area contributed by atoms with Crippen LogP contribution in [0.2, 0.25) is 0 Å². The Morgan fingerprint density at radius 3 is 1.87 bits per heavy atom. The number of carbonyl (C=O) groups excluding carboxylic acids is 2. The molecule has 0 bridgehead atoms. The second kappa shape index (κ2) is 13.2. The molecule has 2 unspecified atom stereocenters. The van der Waals surface area contributed by atoms with Gasteiger partial charge in [-0.25, -0.2) is 8.42 Å². The number of sulfone groups is 1. The van der Waals surface area contributed by atoms with E-state index in [0.29, 0.717) is 42.1 Å². The van der Waals surface area contributed by atoms with Crippen molar-refractivity contribution < 1.29 is 46.4 Å². The Kier molecular flexibility index (Phi) is 10.2. The van der Waals surface area contributed by atoms with E-state index in [1.807, 2.05) is 19.1 Å². The van der Waals surface area contributed by atoms with Gasteiger partial charge in [-0.3, -0.25) is 9.59 Å². The molecule has 2 atom stereocenters. The van der Waals surface area contributed by atoms with Crippen molar-refractivity contribution in [2.45, 2.75) is 57.1 Å². The van der Waals surface area contributed by atoms with Gasteiger partial charge in [-0.05, 0) is 68.5 Å². The van der Waals surface area contributed by atoms with Gasteiger partial charge < -0.3 is 28.4 Å². The maximum Gasteiger partial charge on any atom is 0.203 e. The third kappa shape index (κ3) is 7.21. The van der Waals surface area contributed by atoms with Crippen molar-refractivity contribution in [2.75, 3.05) is 40.3 Å². The summed E-state index contributed by atoms with van der Waals surface area (Å²) in [5.74, 6) is 0.115. The van der Waals surface area contributed by atoms with Crippen LogP contribution in [0.3, 0.4) is 0 Å². The summed E-state index contributed by atoms with van der Waals surface area (Å²) in [7, 11) is 0.530. The number of Topliss-reactive ketones (excluding diaryl/α,β-unsaturated/α-hetero) is 2. The lowest BCUT2D eigenvalue weighted by Gasteiger charge is -2.21. The molecular formula is C28H36O10S. The van der Waals surface area contributed by atoms with Gasteiger partial charge >= 0.3 is 0 Å². The highest BCUT2D eigenvalue weighted by atomic mass is 32.2. The number of ketones is 2. The number of carbonyl (C=O) groups is 2. The van der Waals surface area contributed by atoms with Crippen LogP contribution < -0.4 is 23.7 Å². The van der Waals surface area contributed by atoms with Crippen LogP contribution in [0.15, 0.2) is 29.2 Å². The first-order valence-corrected chi connectivity index (χ1v) is 14.3. The van der Waals surface area contributed by atoms with Crippen molar-refractivity contribution >= 4 is 21.4 Å². The number of hydrogen-bond acceptors (Lipinski definition) is 10. The molecule has 1 heterocycles. The largest absolute Gasteiger partial charge is 0.493 e. The average Bonchev–Trinajstić information content (AvgIpc) is 3.39. The SMILES string of the molecule is CCCOc1c(OCC(C)=O)cc(C2CCC(c3cc(OC)c(OC)c(OC)c3)O2)cc1S(=O)(=O)CC(C)=O. The summed E-state index contributed by atoms with van der Waals surface area (Å²) < 4.78 is 60.8. The fraction of sp³-hybridized carbons (Fsp3) is 0.500. The number of ether oxygens (including phenoxy) is 6. The fourth-order valence-electron chi connectivity index (χ4n) is 4.41. The van der Waals surface area contributed by atoms with E-state index >= 15 is 0 Å². The van der Waals surface area contributed by atoms with E-state index in [0.717, 1.165) is 5.56 Å². The van der Waals surface area contributed by atoms with Gasteiger partial charge in [0.25, 0.3) is 0 Å². The van der Waals surface area contributed by atoms with Gasteiger partial charge in [-0.2, -0.15) is 0 Å². The molecule has 2 aromatic rings. The average molecular weight is 565 g/mol. The monoisotopic (exact) mass is 564 g/mol. The first kappa shape index (κ1) is 30.2. The summed E-state index contributed by atoms with van der Waals surface area (Å²) >= 11 is 0. The minimum Gasteiger partial charge on any atom is -0.493 e. The fourth-order valence-corrected chi connectivity index (χ4v) is 5.86. The molecule has 0 aromatic heterocycles. The molecule has 0 amide bonds. The van der Waals surface area contributed by atoms with Gasteiger partial charge in [-0.1, -0.05) is 6.92 Å². The van der Waals surface area contributed by atoms with Crippen LogP contribution in [0, 0.1) is 0 Å². The van der Waals surface area contributed by atoms with Crippen molar-refractivity contribution in [1.82, 2.24) is 0 Å². The normalized spacial score (nSPS) is 17.0. The molecule has 0 saturated carbocycles. The Bertz CT molecular complexity index is 1280. The minimum absolute atomic E-state index is 0.0118. The summed E-state index contributed by atoms with van der Waals surface area (Å²) in [6.45, 7) is 4.41. The van der Waals surface area contributed by atoms with E-state index in [1.165, 1.54) is 41.2 Å². The van der Waals surface area contributed by atoms with Gasteiger partial charge in [0.15, 0.2) is 38.6 Å². The van der Waals surface area contributed by atoms with E-state index in [4.69, 9.17) is 28.4 Å². The molecule has 1 aliphatic heterocycles. The smallest absolute Gasteiger partial charge is 0.203 e. The molecule has 1 saturated heterocycles. The van der Waals surface area contributed by atoms with Gasteiger partial charge in [-0.15, -0.1) is 0 Å². The second-order valence-electron chi connectivity index (χ2n) is 9.30. The highest BCUT2D eigenvalue weighted by Crippen LogP contribution is 2.48. The summed E-state index contributed by atoms with van der Waals surface area (Å²) in [5, 5.41) is 0. The molecule has 1 aliphatic rings. The van der Waals surface area contributed by atoms with Crippen LogP contribution in [0.5, 0.6) is 28.7 Å². The van der Waals surface area contributed by atoms with Gasteiger partial charge in [0, 0.05) is 0 Å². The van der Waals surface area contributed by atoms with Gasteiger partial charge in [0.05, 0.1) is 40.1 Å². The molecule has 214 valence electrons. The van der Waals surface area contributed by atoms with Crippen LogP contribution in [-0.2, 0) is 24.2 Å². The molecule has 0 N–H and O–H groups in total. The number of rotatable bonds is 14. The van der Waals surface area contributed by atoms with E-state index in [9.17, 15) is 18.0 Å². The summed E-state index contributed by atoms with van der Waals surface area (Å²) in [6.07, 6.45) is 1.01. The second-order valence-corrected chi connectivity index (χ2v) is 11.3. The maximum atomic E-state index is 13.3. The number of hydrogen-bond donors (Lipinski definition) is 0. The van der Waals surface area contributed by atoms with Gasteiger partial charge in [0.1, 0.15) is 23.0 Å². The Hall–Kier alpha value is -3.31. The van der Waals surface area contributed by atoms with Crippen molar-refractivity contribution in [3.8, 4) is 28.7 Å². The lowest BCUT2D eigenvalue weighted by molar-refractivity contribution is -0.119. The summed E-state index contributed by atoms with van der Waals surface area (Å²) in [6, 6.07) is 6.76. The molecule has 0 radical (unpaired) electrons. The Labute approximate surface area is 229 Å². The Balaban J connectivity index is 2.05. The van der Waals surface area contributed by atoms with Crippen LogP contribution >= 0.6 is 0 Å². The summed E-state index contributed by atoms with van der Waals surface area (Å²) in [4.78, 5) is 23.3. The predicted octanol–water partition coefficient (Wildman–Crippen LogP) is 4.42. The molecule has 1 fully saturated rings. The zero-order valence-electron chi connectivity index (χ0n) is 23.2. The molecule has 2 aromatic carbocycles. The Morgan fingerprint density at radius 1 is 0.821 bits per heavy atom. The zero-order valence-corrected chi connectivity index (χ0v) is 24.0. The first-order valence-electron chi connectivity index (χ1n) is 12.6. The minimum atomic E-state index is -4.07. The third-order valence-corrected chi connectivity index (χ3v) is 7.86. The molecule has 0 aliphatic carbocycles. The third-order valence-electron chi connectivity index (χ3n) is 6.10. The lowest BCUT2D eigenvalue weighted by atomic mass is 10.0. The van der Waals surface area contributed by atoms with E-state index in [-0.39, 0.29) is 41.5 Å². The highest BCUT2D eigenvalue weighted by Gasteiger charge is 2.33. The molecule has 0 spiro atoms. The maximum absolute atomic E-state index is 13.3. The van der Waals surface area contributed by atoms with Crippen molar-refractivity contribution in [3.63, 3.8) is 0 Å². The molecular weight excluding hydrogens is 528 g/mol. The zero-order chi connectivity index (χ0) is 28.7. The van der Waals surface area contributed by atoms with Gasteiger partial charge in [0.2, 0.25) is 5.75 Å². The van der Waals surface area contributed by atoms with Crippen LogP contribution in [0.25, 0.3) is 0 Å². The first-order chi connectivity index (χ1) is 18.5. The lowest BCUT2D eigenvalue weighted by Crippen LogP contribution is -2.17. The van der Waals surface area contributed by atoms with E-state index < -0.39 is 27.5 Å². The molecule has 3 rings (SSSR count). The molecule has 10 nitrogen and oxygen atoms in total. The Morgan fingerprint density at radius 2 is 1.38 bits per heavy atom. The predicted molar refractivity (Wildman–Crippen MR) is 143 cm³/mol. The number of methoxy groups -OCH3 is 3. The molecule has 11 heteroatoms. The van der Waals surface area contributed by atoms with Crippen molar-refractivity contribution in [3.05, 3.63) is 35.4 Å². The summed E-state index contributed by atoms with van der Waals surface area (Å²) in [5.41, 5.74) is 1.35. The molecule has 39 heavy (non-hydrogen) atoms. The van der Waals surface area contributed by atoms with E-state index in [2.05, 4.69) is 0 Å². The van der Waals surface area contributed by atoms with Crippen LogP contribution in [-0.4, -0.2) is 60.3 Å². The van der Waals surface area contributed by atoms with Crippen molar-refractivity contribution in [2.24, 2.45) is 0 Å². The quantitative estimate of drug-likeness (QED) is 0.326. The standard InChI is InChI=1S/C28H36O10S/c1-7-10-36-28-25(37-15-17(2)29)13-20(14-26(28)39(31,32)16-18(3)30)22-9-8-21(38-22)19-11-23(33-4)27(35-6)24(12-19)34-5/h11-14,21-22H,7-10,15-16H2,1-6H3. The highest BCUT2D eigenvalue weighted by molar-refractivity contribution is 7.92.